The van der Waals surface area contributed by atoms with Gasteiger partial charge in [-0.3, -0.25) is 0 Å². The minimum Gasteiger partial charge on any atom is -0.377 e. The van der Waals surface area contributed by atoms with E-state index in [1.54, 1.807) is 0 Å². The van der Waals surface area contributed by atoms with Crippen molar-refractivity contribution in [1.29, 1.82) is 0 Å². The van der Waals surface area contributed by atoms with Crippen LogP contribution in [0.25, 0.3) is 10.8 Å². The summed E-state index contributed by atoms with van der Waals surface area (Å²) in [6.07, 6.45) is 0. The van der Waals surface area contributed by atoms with Crippen LogP contribution < -0.4 is 10.6 Å². The average molecular weight is 218 g/mol. The predicted molar refractivity (Wildman–Crippen MR) is 65.4 cm³/mol. The van der Waals surface area contributed by atoms with Crippen molar-refractivity contribution in [2.75, 3.05) is 24.1 Å². The zero-order chi connectivity index (χ0) is 11.4. The Labute approximate surface area is 93.5 Å². The molecule has 16 heavy (non-hydrogen) atoms. The van der Waals surface area contributed by atoms with Gasteiger partial charge in [-0.2, -0.15) is 0 Å². The van der Waals surface area contributed by atoms with Crippen molar-refractivity contribution in [2.24, 2.45) is 0 Å². The smallest absolute Gasteiger partial charge is 0.113 e. The van der Waals surface area contributed by atoms with Gasteiger partial charge in [-0.15, -0.1) is 0 Å². The molecule has 84 valence electrons. The molecule has 0 radical (unpaired) electrons. The zero-order valence-electron chi connectivity index (χ0n) is 8.77. The minimum absolute atomic E-state index is 0.100. The summed E-state index contributed by atoms with van der Waals surface area (Å²) in [5.74, 6) is 0. The molecule has 0 aliphatic carbocycles. The maximum atomic E-state index is 8.89. The van der Waals surface area contributed by atoms with E-state index in [0.717, 1.165) is 22.1 Å². The topological polar surface area (TPSA) is 64.5 Å². The fourth-order valence-electron chi connectivity index (χ4n) is 1.79. The summed E-state index contributed by atoms with van der Waals surface area (Å²) >= 11 is 0. The molecule has 2 aromatic rings. The molecule has 4 nitrogen and oxygen atoms in total. The third kappa shape index (κ3) is 1.93. The van der Waals surface area contributed by atoms with Gasteiger partial charge in [-0.25, -0.2) is 0 Å². The molecule has 4 heteroatoms. The fraction of sp³-hybridized carbons (Fsp3) is 0.167. The van der Waals surface area contributed by atoms with E-state index in [1.807, 2.05) is 36.4 Å². The van der Waals surface area contributed by atoms with E-state index < -0.39 is 0 Å². The second-order valence-corrected chi connectivity index (χ2v) is 3.38. The van der Waals surface area contributed by atoms with Gasteiger partial charge in [0, 0.05) is 22.1 Å². The molecule has 0 saturated carbocycles. The SMILES string of the molecule is OCNc1cccc2c(NCO)cccc12. The number of fused-ring (bicyclic) bond motifs is 1. The van der Waals surface area contributed by atoms with Crippen LogP contribution in [-0.2, 0) is 0 Å². The van der Waals surface area contributed by atoms with E-state index in [4.69, 9.17) is 10.2 Å². The lowest BCUT2D eigenvalue weighted by Crippen LogP contribution is -2.02. The van der Waals surface area contributed by atoms with E-state index >= 15 is 0 Å². The van der Waals surface area contributed by atoms with Gasteiger partial charge >= 0.3 is 0 Å². The van der Waals surface area contributed by atoms with Crippen molar-refractivity contribution in [2.45, 2.75) is 0 Å². The molecule has 0 heterocycles. The van der Waals surface area contributed by atoms with Crippen LogP contribution in [0.5, 0.6) is 0 Å². The predicted octanol–water partition coefficient (Wildman–Crippen LogP) is 1.56. The normalized spacial score (nSPS) is 10.4. The number of hydrogen-bond acceptors (Lipinski definition) is 4. The molecule has 2 aromatic carbocycles. The number of hydrogen-bond donors (Lipinski definition) is 4. The Morgan fingerprint density at radius 3 is 1.56 bits per heavy atom. The molecule has 2 rings (SSSR count). The summed E-state index contributed by atoms with van der Waals surface area (Å²) in [5.41, 5.74) is 1.75. The van der Waals surface area contributed by atoms with Gasteiger partial charge < -0.3 is 20.8 Å². The van der Waals surface area contributed by atoms with Crippen molar-refractivity contribution >= 4 is 22.1 Å². The molecule has 0 fully saturated rings. The van der Waals surface area contributed by atoms with Crippen LogP contribution in [0, 0.1) is 0 Å². The molecule has 0 spiro atoms. The van der Waals surface area contributed by atoms with Crippen LogP contribution in [0.15, 0.2) is 36.4 Å². The fourth-order valence-corrected chi connectivity index (χ4v) is 1.79. The van der Waals surface area contributed by atoms with E-state index in [9.17, 15) is 0 Å². The molecule has 4 N–H and O–H groups in total. The Morgan fingerprint density at radius 2 is 1.19 bits per heavy atom. The zero-order valence-corrected chi connectivity index (χ0v) is 8.77. The minimum atomic E-state index is -0.100. The summed E-state index contributed by atoms with van der Waals surface area (Å²) < 4.78 is 0. The van der Waals surface area contributed by atoms with Crippen LogP contribution in [0.4, 0.5) is 11.4 Å². The first-order valence-electron chi connectivity index (χ1n) is 5.08. The highest BCUT2D eigenvalue weighted by Crippen LogP contribution is 2.28. The number of benzene rings is 2. The van der Waals surface area contributed by atoms with E-state index in [2.05, 4.69) is 10.6 Å². The van der Waals surface area contributed by atoms with E-state index in [1.165, 1.54) is 0 Å². The summed E-state index contributed by atoms with van der Waals surface area (Å²) in [5, 5.41) is 25.6. The van der Waals surface area contributed by atoms with Gasteiger partial charge in [0.2, 0.25) is 0 Å². The summed E-state index contributed by atoms with van der Waals surface area (Å²) in [6.45, 7) is -0.201. The van der Waals surface area contributed by atoms with Gasteiger partial charge in [0.1, 0.15) is 13.5 Å². The molecule has 0 atom stereocenters. The molecular weight excluding hydrogens is 204 g/mol. The number of rotatable bonds is 4. The van der Waals surface area contributed by atoms with Crippen molar-refractivity contribution in [3.05, 3.63) is 36.4 Å². The highest BCUT2D eigenvalue weighted by Gasteiger charge is 2.03. The first-order valence-corrected chi connectivity index (χ1v) is 5.08. The quantitative estimate of drug-likeness (QED) is 0.588. The summed E-state index contributed by atoms with van der Waals surface area (Å²) in [4.78, 5) is 0. The van der Waals surface area contributed by atoms with Crippen LogP contribution in [0.3, 0.4) is 0 Å². The molecule has 0 unspecified atom stereocenters. The third-order valence-corrected chi connectivity index (χ3v) is 2.46. The van der Waals surface area contributed by atoms with E-state index in [0.29, 0.717) is 0 Å². The molecule has 0 aromatic heterocycles. The van der Waals surface area contributed by atoms with Gasteiger partial charge in [0.15, 0.2) is 0 Å². The third-order valence-electron chi connectivity index (χ3n) is 2.46. The lowest BCUT2D eigenvalue weighted by Gasteiger charge is -2.11. The van der Waals surface area contributed by atoms with Crippen LogP contribution >= 0.6 is 0 Å². The summed E-state index contributed by atoms with van der Waals surface area (Å²) in [6, 6.07) is 11.6. The lowest BCUT2D eigenvalue weighted by atomic mass is 10.1. The van der Waals surface area contributed by atoms with Gasteiger partial charge in [-0.1, -0.05) is 24.3 Å². The Bertz CT molecular complexity index is 440. The first-order chi connectivity index (χ1) is 7.86. The number of nitrogens with one attached hydrogen (secondary N) is 2. The van der Waals surface area contributed by atoms with Crippen molar-refractivity contribution < 1.29 is 10.2 Å². The van der Waals surface area contributed by atoms with Crippen LogP contribution in [0.2, 0.25) is 0 Å². The van der Waals surface area contributed by atoms with Gasteiger partial charge in [-0.05, 0) is 12.1 Å². The first kappa shape index (κ1) is 10.7. The Balaban J connectivity index is 2.57. The highest BCUT2D eigenvalue weighted by atomic mass is 16.3. The van der Waals surface area contributed by atoms with Crippen molar-refractivity contribution in [1.82, 2.24) is 0 Å². The lowest BCUT2D eigenvalue weighted by molar-refractivity contribution is 0.325. The Morgan fingerprint density at radius 1 is 0.750 bits per heavy atom. The Kier molecular flexibility index (Phi) is 3.24. The molecular formula is C12H14N2O2. The molecule has 0 aliphatic heterocycles. The standard InChI is InChI=1S/C12H14N2O2/c15-7-13-11-5-1-3-9-10(11)4-2-6-12(9)14-8-16/h1-6,13-16H,7-8H2. The van der Waals surface area contributed by atoms with E-state index in [-0.39, 0.29) is 13.5 Å². The monoisotopic (exact) mass is 218 g/mol. The highest BCUT2D eigenvalue weighted by molar-refractivity contribution is 6.01. The molecule has 0 saturated heterocycles. The van der Waals surface area contributed by atoms with Crippen LogP contribution in [-0.4, -0.2) is 23.7 Å². The number of aliphatic hydroxyl groups excluding tert-OH is 2. The van der Waals surface area contributed by atoms with Gasteiger partial charge in [0.05, 0.1) is 0 Å². The maximum absolute atomic E-state index is 8.89. The van der Waals surface area contributed by atoms with Crippen LogP contribution in [0.1, 0.15) is 0 Å². The second-order valence-electron chi connectivity index (χ2n) is 3.38. The van der Waals surface area contributed by atoms with Gasteiger partial charge in [0.25, 0.3) is 0 Å². The van der Waals surface area contributed by atoms with Crippen molar-refractivity contribution in [3.63, 3.8) is 0 Å². The second kappa shape index (κ2) is 4.83. The molecule has 0 bridgehead atoms. The largest absolute Gasteiger partial charge is 0.377 e. The summed E-state index contributed by atoms with van der Waals surface area (Å²) in [7, 11) is 0. The molecule has 0 amide bonds. The number of aliphatic hydroxyl groups is 2. The van der Waals surface area contributed by atoms with Crippen molar-refractivity contribution in [3.8, 4) is 0 Å². The number of anilines is 2. The molecule has 0 aliphatic rings. The maximum Gasteiger partial charge on any atom is 0.113 e. The Hall–Kier alpha value is -1.78. The average Bonchev–Trinajstić information content (AvgIpc) is 2.31.